The molecule has 7 nitrogen and oxygen atoms in total. The molecule has 32 heavy (non-hydrogen) atoms. The lowest BCUT2D eigenvalue weighted by Gasteiger charge is -2.16. The second kappa shape index (κ2) is 12.0. The first kappa shape index (κ1) is 27.4. The lowest BCUT2D eigenvalue weighted by atomic mass is 10.2. The Morgan fingerprint density at radius 2 is 1.56 bits per heavy atom. The van der Waals surface area contributed by atoms with Crippen molar-refractivity contribution in [1.29, 1.82) is 0 Å². The van der Waals surface area contributed by atoms with E-state index in [-0.39, 0.29) is 25.5 Å². The van der Waals surface area contributed by atoms with Crippen LogP contribution in [0, 0.1) is 0 Å². The number of ether oxygens (including phenoxy) is 3. The molecule has 182 valence electrons. The molecule has 2 rings (SSSR count). The number of hydrogen-bond donors (Lipinski definition) is 0. The van der Waals surface area contributed by atoms with Crippen molar-refractivity contribution >= 4 is 43.0 Å². The van der Waals surface area contributed by atoms with E-state index in [1.165, 1.54) is 4.68 Å². The highest BCUT2D eigenvalue weighted by Gasteiger charge is 2.21. The number of halogens is 2. The van der Waals surface area contributed by atoms with Gasteiger partial charge in [-0.3, -0.25) is 4.79 Å². The summed E-state index contributed by atoms with van der Waals surface area (Å²) in [6, 6.07) is 2.07. The van der Waals surface area contributed by atoms with E-state index in [0.717, 1.165) is 12.1 Å². The minimum Gasteiger partial charge on any atom is -0.374 e. The minimum atomic E-state index is -1.21. The summed E-state index contributed by atoms with van der Waals surface area (Å²) in [4.78, 5) is 13.2. The van der Waals surface area contributed by atoms with Crippen LogP contribution in [0.2, 0.25) is 51.4 Å². The van der Waals surface area contributed by atoms with Gasteiger partial charge in [-0.2, -0.15) is 5.10 Å². The number of aromatic nitrogens is 3. The van der Waals surface area contributed by atoms with Crippen molar-refractivity contribution in [3.8, 4) is 0 Å². The fourth-order valence-corrected chi connectivity index (χ4v) is 5.10. The second-order valence-electron chi connectivity index (χ2n) is 10.3. The predicted octanol–water partition coefficient (Wildman–Crippen LogP) is 5.07. The zero-order valence-electron chi connectivity index (χ0n) is 20.2. The average Bonchev–Trinajstić information content (AvgIpc) is 2.95. The van der Waals surface area contributed by atoms with Gasteiger partial charge in [0.2, 0.25) is 0 Å². The zero-order chi connectivity index (χ0) is 23.9. The number of fused-ring (bicyclic) bond motifs is 1. The summed E-state index contributed by atoms with van der Waals surface area (Å²) in [5.41, 5.74) is 1.08. The molecule has 0 N–H and O–H groups in total. The van der Waals surface area contributed by atoms with E-state index >= 15 is 0 Å². The van der Waals surface area contributed by atoms with E-state index in [1.54, 1.807) is 6.20 Å². The van der Waals surface area contributed by atoms with Gasteiger partial charge in [-0.25, -0.2) is 9.07 Å². The normalized spacial score (nSPS) is 12.8. The molecule has 0 spiro atoms. The van der Waals surface area contributed by atoms with Crippen LogP contribution in [0.15, 0.2) is 15.6 Å². The second-order valence-corrected chi connectivity index (χ2v) is 22.3. The molecule has 2 aromatic rings. The summed E-state index contributed by atoms with van der Waals surface area (Å²) < 4.78 is 33.5. The summed E-state index contributed by atoms with van der Waals surface area (Å²) >= 11 is 3.60. The molecule has 0 bridgehead atoms. The first-order valence-corrected chi connectivity index (χ1v) is 19.2. The Kier molecular flexibility index (Phi) is 10.3. The summed E-state index contributed by atoms with van der Waals surface area (Å²) in [5, 5.41) is 4.81. The molecule has 0 aliphatic heterocycles. The van der Waals surface area contributed by atoms with Gasteiger partial charge in [0.05, 0.1) is 34.9 Å². The quantitative estimate of drug-likeness (QED) is 0.243. The lowest BCUT2D eigenvalue weighted by molar-refractivity contribution is 0.0752. The molecule has 0 saturated heterocycles. The van der Waals surface area contributed by atoms with Crippen LogP contribution in [0.1, 0.15) is 5.56 Å². The molecule has 0 amide bonds. The molecular weight excluding hydrogens is 513 g/mol. The number of rotatable bonds is 14. The van der Waals surface area contributed by atoms with E-state index in [0.29, 0.717) is 41.0 Å². The highest BCUT2D eigenvalue weighted by atomic mass is 79.9. The van der Waals surface area contributed by atoms with E-state index < -0.39 is 22.8 Å². The first-order chi connectivity index (χ1) is 14.9. The molecule has 0 fully saturated rings. The standard InChI is InChI=1S/C21H37BrFN3O4Si2/c1-31(2,3)11-9-29-15-25-18-13-24-26(16-30-10-12-32(4,5)6)21(27)19(18)17(20(25)22)14-28-8-7-23/h13H,7-12,14-16H2,1-6H3. The SMILES string of the molecule is C[Si](C)(C)CCOCn1ncc2c(c(COCCF)c(Br)n2COCC[Si](C)(C)C)c1=O. The van der Waals surface area contributed by atoms with Gasteiger partial charge in [-0.1, -0.05) is 39.3 Å². The van der Waals surface area contributed by atoms with E-state index in [2.05, 4.69) is 60.3 Å². The smallest absolute Gasteiger partial charge is 0.278 e. The third-order valence-electron chi connectivity index (χ3n) is 5.00. The third-order valence-corrected chi connectivity index (χ3v) is 9.31. The lowest BCUT2D eigenvalue weighted by Crippen LogP contribution is -2.26. The molecule has 11 heteroatoms. The van der Waals surface area contributed by atoms with Crippen LogP contribution in [0.25, 0.3) is 10.9 Å². The van der Waals surface area contributed by atoms with Gasteiger partial charge in [0, 0.05) is 34.9 Å². The van der Waals surface area contributed by atoms with Crippen molar-refractivity contribution in [1.82, 2.24) is 14.3 Å². The third kappa shape index (κ3) is 8.17. The van der Waals surface area contributed by atoms with Crippen molar-refractivity contribution in [3.63, 3.8) is 0 Å². The molecule has 0 aliphatic carbocycles. The Morgan fingerprint density at radius 1 is 0.969 bits per heavy atom. The van der Waals surface area contributed by atoms with E-state index in [9.17, 15) is 9.18 Å². The maximum Gasteiger partial charge on any atom is 0.278 e. The minimum absolute atomic E-state index is 0.0229. The Labute approximate surface area is 200 Å². The fourth-order valence-electron chi connectivity index (χ4n) is 2.98. The van der Waals surface area contributed by atoms with Crippen LogP contribution in [-0.2, 0) is 34.3 Å². The maximum absolute atomic E-state index is 13.2. The van der Waals surface area contributed by atoms with Crippen LogP contribution in [0.5, 0.6) is 0 Å². The van der Waals surface area contributed by atoms with Crippen molar-refractivity contribution in [3.05, 3.63) is 26.7 Å². The number of nitrogens with zero attached hydrogens (tertiary/aromatic N) is 3. The van der Waals surface area contributed by atoms with Gasteiger partial charge in [0.1, 0.15) is 20.1 Å². The van der Waals surface area contributed by atoms with E-state index in [4.69, 9.17) is 14.2 Å². The highest BCUT2D eigenvalue weighted by Crippen LogP contribution is 2.29. The molecule has 0 saturated carbocycles. The summed E-state index contributed by atoms with van der Waals surface area (Å²) in [5.74, 6) is 0. The van der Waals surface area contributed by atoms with Gasteiger partial charge < -0.3 is 18.8 Å². The summed E-state index contributed by atoms with van der Waals surface area (Å²) in [7, 11) is -2.42. The Hall–Kier alpha value is -0.856. The molecular formula is C21H37BrFN3O4Si2. The maximum atomic E-state index is 13.2. The van der Waals surface area contributed by atoms with E-state index in [1.807, 2.05) is 4.57 Å². The van der Waals surface area contributed by atoms with Crippen molar-refractivity contribution in [2.75, 3.05) is 26.5 Å². The molecule has 2 aromatic heterocycles. The first-order valence-electron chi connectivity index (χ1n) is 11.0. The highest BCUT2D eigenvalue weighted by molar-refractivity contribution is 9.10. The molecule has 0 aliphatic rings. The topological polar surface area (TPSA) is 67.5 Å². The summed E-state index contributed by atoms with van der Waals surface area (Å²) in [6.45, 7) is 14.9. The largest absolute Gasteiger partial charge is 0.374 e. The van der Waals surface area contributed by atoms with Crippen molar-refractivity contribution in [2.24, 2.45) is 0 Å². The van der Waals surface area contributed by atoms with Gasteiger partial charge >= 0.3 is 0 Å². The Balaban J connectivity index is 2.27. The summed E-state index contributed by atoms with van der Waals surface area (Å²) in [6.07, 6.45) is 1.66. The Morgan fingerprint density at radius 3 is 2.12 bits per heavy atom. The monoisotopic (exact) mass is 549 g/mol. The van der Waals surface area contributed by atoms with Gasteiger partial charge in [-0.15, -0.1) is 0 Å². The Bertz CT molecular complexity index is 938. The number of hydrogen-bond acceptors (Lipinski definition) is 5. The molecule has 2 heterocycles. The van der Waals surface area contributed by atoms with Crippen molar-refractivity contribution in [2.45, 2.75) is 71.4 Å². The predicted molar refractivity (Wildman–Crippen MR) is 136 cm³/mol. The number of alkyl halides is 1. The van der Waals surface area contributed by atoms with Gasteiger partial charge in [0.25, 0.3) is 5.56 Å². The molecule has 0 radical (unpaired) electrons. The zero-order valence-corrected chi connectivity index (χ0v) is 23.8. The van der Waals surface area contributed by atoms with Crippen LogP contribution >= 0.6 is 15.9 Å². The van der Waals surface area contributed by atoms with Crippen LogP contribution < -0.4 is 5.56 Å². The van der Waals surface area contributed by atoms with Crippen LogP contribution in [-0.4, -0.2) is 57.0 Å². The van der Waals surface area contributed by atoms with Crippen LogP contribution in [0.4, 0.5) is 4.39 Å². The fraction of sp³-hybridized carbons (Fsp3) is 0.714. The molecule has 0 unspecified atom stereocenters. The van der Waals surface area contributed by atoms with Gasteiger partial charge in [-0.05, 0) is 28.0 Å². The molecule has 0 aromatic carbocycles. The van der Waals surface area contributed by atoms with Gasteiger partial charge in [0.15, 0.2) is 0 Å². The average molecular weight is 551 g/mol. The van der Waals surface area contributed by atoms with Crippen molar-refractivity contribution < 1.29 is 18.6 Å². The van der Waals surface area contributed by atoms with Crippen LogP contribution in [0.3, 0.4) is 0 Å². The molecule has 0 atom stereocenters.